The lowest BCUT2D eigenvalue weighted by molar-refractivity contribution is -0.134. The number of ketones is 1. The first kappa shape index (κ1) is 43.9. The van der Waals surface area contributed by atoms with E-state index in [9.17, 15) is 32.0 Å². The van der Waals surface area contributed by atoms with Crippen molar-refractivity contribution in [3.05, 3.63) is 107 Å². The summed E-state index contributed by atoms with van der Waals surface area (Å²) in [5.41, 5.74) is 3.13. The molecule has 15 nitrogen and oxygen atoms in total. The minimum Gasteiger partial charge on any atom is -0.374 e. The maximum absolute atomic E-state index is 15.7. The summed E-state index contributed by atoms with van der Waals surface area (Å²) in [4.78, 5) is 64.4. The average molecular weight is 912 g/mol. The van der Waals surface area contributed by atoms with Crippen LogP contribution in [0.1, 0.15) is 59.5 Å². The Hall–Kier alpha value is -6.31. The maximum atomic E-state index is 15.7. The molecule has 19 heteroatoms. The Morgan fingerprint density at radius 3 is 2.28 bits per heavy atom. The van der Waals surface area contributed by atoms with E-state index in [1.165, 1.54) is 11.8 Å². The van der Waals surface area contributed by atoms with Gasteiger partial charge in [-0.1, -0.05) is 24.3 Å². The average Bonchev–Trinajstić information content (AvgIpc) is 3.96. The lowest BCUT2D eigenvalue weighted by Gasteiger charge is -2.38. The summed E-state index contributed by atoms with van der Waals surface area (Å²) in [5, 5.41) is 5.91. The molecular weight excluding hydrogens is 864 g/mol. The second-order valence-corrected chi connectivity index (χ2v) is 18.7. The van der Waals surface area contributed by atoms with E-state index in [4.69, 9.17) is 0 Å². The number of piperidine rings is 2. The molecule has 4 aliphatic heterocycles. The first-order valence-electron chi connectivity index (χ1n) is 21.8. The Labute approximate surface area is 373 Å². The van der Waals surface area contributed by atoms with Crippen LogP contribution in [0.2, 0.25) is 0 Å². The number of pyridine rings is 1. The number of likely N-dealkylation sites (tertiary alicyclic amines) is 1. The summed E-state index contributed by atoms with van der Waals surface area (Å²) in [6.45, 7) is 4.04. The summed E-state index contributed by atoms with van der Waals surface area (Å²) < 4.78 is 73.0. The fourth-order valence-electron chi connectivity index (χ4n) is 9.11. The number of nitrogens with zero attached hydrogens (tertiary/aromatic N) is 5. The van der Waals surface area contributed by atoms with Crippen molar-refractivity contribution in [2.45, 2.75) is 50.2 Å². The molecule has 4 saturated heterocycles. The Morgan fingerprint density at radius 1 is 0.846 bits per heavy atom. The standard InChI is InChI=1S/C46H48F3N9O6S/c47-32-15-18-58(26-32)65(63,64)54-38-10-9-37(48)42(43(38)49)44(61)36-25-51-45-35(36)23-31(24-50-45)29-3-7-34(8-4-29)56-19-21-57(22-20-56)41(60)27-55-16-13-30(14-17-55)28-1-5-33(6-2-28)52-39-11-12-40(59)53-46(39)62/h1-10,23-25,30,32,39,52,54H,11-22,26-27H2,(H,50,51)(H,53,59,62)/t32-,39?/m1/s1. The number of carbonyl (C=O) groups is 4. The van der Waals surface area contributed by atoms with E-state index in [0.717, 1.165) is 59.3 Å². The van der Waals surface area contributed by atoms with Crippen molar-refractivity contribution in [3.8, 4) is 11.1 Å². The quantitative estimate of drug-likeness (QED) is 0.0963. The predicted octanol–water partition coefficient (Wildman–Crippen LogP) is 5.18. The third-order valence-electron chi connectivity index (χ3n) is 12.9. The molecule has 9 rings (SSSR count). The molecule has 0 spiro atoms. The zero-order chi connectivity index (χ0) is 45.4. The molecule has 6 heterocycles. The number of imide groups is 1. The van der Waals surface area contributed by atoms with E-state index in [0.29, 0.717) is 68.1 Å². The van der Waals surface area contributed by atoms with Gasteiger partial charge >= 0.3 is 10.2 Å². The van der Waals surface area contributed by atoms with Gasteiger partial charge in [0, 0.05) is 86.0 Å². The molecular formula is C46H48F3N9O6S. The molecule has 0 bridgehead atoms. The van der Waals surface area contributed by atoms with Crippen LogP contribution in [0.5, 0.6) is 0 Å². The van der Waals surface area contributed by atoms with E-state index < -0.39 is 57.6 Å². The number of hydrogen-bond donors (Lipinski definition) is 4. The third-order valence-corrected chi connectivity index (χ3v) is 14.4. The van der Waals surface area contributed by atoms with Crippen LogP contribution in [-0.4, -0.2) is 127 Å². The van der Waals surface area contributed by atoms with Gasteiger partial charge in [0.2, 0.25) is 23.5 Å². The molecule has 0 aliphatic carbocycles. The van der Waals surface area contributed by atoms with Crippen molar-refractivity contribution in [3.63, 3.8) is 0 Å². The van der Waals surface area contributed by atoms with E-state index in [1.807, 2.05) is 46.0 Å². The monoisotopic (exact) mass is 911 g/mol. The molecule has 340 valence electrons. The largest absolute Gasteiger partial charge is 0.374 e. The van der Waals surface area contributed by atoms with Crippen molar-refractivity contribution in [1.29, 1.82) is 0 Å². The molecule has 65 heavy (non-hydrogen) atoms. The summed E-state index contributed by atoms with van der Waals surface area (Å²) in [6, 6.07) is 18.9. The molecule has 4 N–H and O–H groups in total. The lowest BCUT2D eigenvalue weighted by Crippen LogP contribution is -2.51. The van der Waals surface area contributed by atoms with Crippen molar-refractivity contribution in [1.82, 2.24) is 29.4 Å². The molecule has 1 unspecified atom stereocenters. The summed E-state index contributed by atoms with van der Waals surface area (Å²) in [5.74, 6) is -3.63. The van der Waals surface area contributed by atoms with Crippen molar-refractivity contribution >= 4 is 61.8 Å². The molecule has 0 saturated carbocycles. The number of benzene rings is 3. The number of rotatable bonds is 12. The number of aromatic nitrogens is 2. The highest BCUT2D eigenvalue weighted by Gasteiger charge is 2.34. The number of piperazine rings is 1. The van der Waals surface area contributed by atoms with Crippen LogP contribution in [0.3, 0.4) is 0 Å². The van der Waals surface area contributed by atoms with Gasteiger partial charge in [0.1, 0.15) is 23.7 Å². The molecule has 3 aromatic carbocycles. The number of amides is 3. The first-order chi connectivity index (χ1) is 31.3. The molecule has 4 aliphatic rings. The molecule has 2 atom stereocenters. The van der Waals surface area contributed by atoms with Crippen molar-refractivity contribution in [2.75, 3.05) is 73.8 Å². The Balaban J connectivity index is 0.772. The van der Waals surface area contributed by atoms with Gasteiger partial charge in [-0.15, -0.1) is 0 Å². The number of fused-ring (bicyclic) bond motifs is 1. The SMILES string of the molecule is O=C1CCC(Nc2ccc(C3CCN(CC(=O)N4CCN(c5ccc(-c6cnc7[nH]cc(C(=O)c8c(F)ccc(NS(=O)(=O)N9CC[C@@H](F)C9)c8F)c7c6)cc5)CC4)CC3)cc2)C(=O)N1. The second-order valence-electron chi connectivity index (χ2n) is 17.0. The topological polar surface area (TPSA) is 180 Å². The van der Waals surface area contributed by atoms with Gasteiger partial charge < -0.3 is 20.1 Å². The highest BCUT2D eigenvalue weighted by Crippen LogP contribution is 2.33. The number of nitrogens with one attached hydrogen (secondary N) is 4. The van der Waals surface area contributed by atoms with Gasteiger partial charge in [-0.05, 0) is 98.3 Å². The number of anilines is 3. The van der Waals surface area contributed by atoms with E-state index in [2.05, 4.69) is 42.5 Å². The maximum Gasteiger partial charge on any atom is 0.301 e. The van der Waals surface area contributed by atoms with E-state index in [-0.39, 0.29) is 36.3 Å². The zero-order valence-corrected chi connectivity index (χ0v) is 36.2. The predicted molar refractivity (Wildman–Crippen MR) is 238 cm³/mol. The number of hydrogen-bond acceptors (Lipinski definition) is 10. The van der Waals surface area contributed by atoms with Crippen LogP contribution in [0.15, 0.2) is 79.1 Å². The van der Waals surface area contributed by atoms with Gasteiger partial charge in [-0.2, -0.15) is 12.7 Å². The minimum atomic E-state index is -4.36. The molecule has 5 aromatic rings. The van der Waals surface area contributed by atoms with Gasteiger partial charge in [-0.25, -0.2) is 18.2 Å². The van der Waals surface area contributed by atoms with Crippen LogP contribution in [-0.2, 0) is 24.6 Å². The number of alkyl halides is 1. The van der Waals surface area contributed by atoms with E-state index in [1.54, 1.807) is 12.3 Å². The summed E-state index contributed by atoms with van der Waals surface area (Å²) in [6.07, 6.45) is 4.24. The first-order valence-corrected chi connectivity index (χ1v) is 23.2. The smallest absolute Gasteiger partial charge is 0.301 e. The number of H-pyrrole nitrogens is 1. The fraction of sp³-hybridized carbons (Fsp3) is 0.370. The van der Waals surface area contributed by atoms with Crippen LogP contribution in [0.25, 0.3) is 22.2 Å². The van der Waals surface area contributed by atoms with Crippen molar-refractivity contribution < 1.29 is 40.8 Å². The van der Waals surface area contributed by atoms with Gasteiger partial charge in [0.05, 0.1) is 17.8 Å². The number of halogens is 3. The molecule has 3 amide bonds. The van der Waals surface area contributed by atoms with Crippen molar-refractivity contribution in [2.24, 2.45) is 0 Å². The van der Waals surface area contributed by atoms with Crippen LogP contribution in [0.4, 0.5) is 30.2 Å². The highest BCUT2D eigenvalue weighted by atomic mass is 32.2. The Morgan fingerprint density at radius 2 is 1.58 bits per heavy atom. The summed E-state index contributed by atoms with van der Waals surface area (Å²) >= 11 is 0. The zero-order valence-electron chi connectivity index (χ0n) is 35.4. The highest BCUT2D eigenvalue weighted by molar-refractivity contribution is 7.90. The van der Waals surface area contributed by atoms with E-state index >= 15 is 8.78 Å². The third kappa shape index (κ3) is 9.44. The van der Waals surface area contributed by atoms with Gasteiger partial charge in [0.15, 0.2) is 5.82 Å². The van der Waals surface area contributed by atoms with Crippen LogP contribution >= 0.6 is 0 Å². The van der Waals surface area contributed by atoms with Crippen LogP contribution in [0, 0.1) is 11.6 Å². The fourth-order valence-corrected chi connectivity index (χ4v) is 10.4. The molecule has 4 fully saturated rings. The Bertz CT molecular complexity index is 2740. The summed E-state index contributed by atoms with van der Waals surface area (Å²) in [7, 11) is -4.36. The Kier molecular flexibility index (Phi) is 12.4. The van der Waals surface area contributed by atoms with Gasteiger partial charge in [-0.3, -0.25) is 34.1 Å². The lowest BCUT2D eigenvalue weighted by atomic mass is 9.89. The molecule has 2 aromatic heterocycles. The minimum absolute atomic E-state index is 0.00209. The number of aromatic amines is 1. The van der Waals surface area contributed by atoms with Gasteiger partial charge in [0.25, 0.3) is 0 Å². The number of carbonyl (C=O) groups excluding carboxylic acids is 4. The normalized spacial score (nSPS) is 20.3. The molecule has 0 radical (unpaired) electrons. The second kappa shape index (κ2) is 18.3. The van der Waals surface area contributed by atoms with Crippen LogP contribution < -0.4 is 20.3 Å².